The first kappa shape index (κ1) is 21.9. The lowest BCUT2D eigenvalue weighted by Gasteiger charge is -2.28. The van der Waals surface area contributed by atoms with Gasteiger partial charge in [0.05, 0.1) is 11.8 Å². The van der Waals surface area contributed by atoms with Crippen LogP contribution in [0.15, 0.2) is 53.1 Å². The summed E-state index contributed by atoms with van der Waals surface area (Å²) in [5.74, 6) is -0.789. The highest BCUT2D eigenvalue weighted by Crippen LogP contribution is 2.28. The highest BCUT2D eigenvalue weighted by Gasteiger charge is 2.36. The fourth-order valence-electron chi connectivity index (χ4n) is 3.18. The molecule has 162 valence electrons. The van der Waals surface area contributed by atoms with Gasteiger partial charge >= 0.3 is 5.97 Å². The van der Waals surface area contributed by atoms with Crippen molar-refractivity contribution < 1.29 is 23.6 Å². The van der Waals surface area contributed by atoms with Crippen LogP contribution in [0.2, 0.25) is 0 Å². The summed E-state index contributed by atoms with van der Waals surface area (Å²) in [4.78, 5) is 30.8. The molecular formula is C23H25N3O5. The molecule has 0 fully saturated rings. The van der Waals surface area contributed by atoms with Crippen molar-refractivity contribution >= 4 is 28.5 Å². The van der Waals surface area contributed by atoms with E-state index in [1.807, 2.05) is 26.8 Å². The molecule has 0 aliphatic carbocycles. The Hall–Kier alpha value is -3.81. The number of nitrogens with one attached hydrogen (secondary N) is 2. The van der Waals surface area contributed by atoms with E-state index in [2.05, 4.69) is 5.48 Å². The van der Waals surface area contributed by atoms with Crippen LogP contribution in [0.25, 0.3) is 10.8 Å². The van der Waals surface area contributed by atoms with Gasteiger partial charge in [0, 0.05) is 21.8 Å². The molecule has 0 bridgehead atoms. The Kier molecular flexibility index (Phi) is 6.01. The van der Waals surface area contributed by atoms with Crippen molar-refractivity contribution in [2.45, 2.75) is 33.8 Å². The third kappa shape index (κ3) is 4.69. The number of para-hydroxylation sites is 1. The van der Waals surface area contributed by atoms with Crippen molar-refractivity contribution in [2.24, 2.45) is 11.1 Å². The first-order valence-corrected chi connectivity index (χ1v) is 9.67. The lowest BCUT2D eigenvalue weighted by atomic mass is 9.89. The minimum atomic E-state index is -0.978. The fraction of sp³-hybridized carbons (Fsp3) is 0.261. The number of hydroxylamine groups is 1. The number of nitrogen functional groups attached to an aromatic ring is 1. The number of ether oxygens (including phenoxy) is 1. The van der Waals surface area contributed by atoms with Crippen LogP contribution in [-0.2, 0) is 9.63 Å². The molecule has 0 radical (unpaired) electrons. The number of furan rings is 1. The number of aryl methyl sites for hydroxylation is 1. The number of amides is 1. The first-order chi connectivity index (χ1) is 14.6. The maximum atomic E-state index is 12.9. The van der Waals surface area contributed by atoms with E-state index >= 15 is 0 Å². The molecule has 8 heteroatoms. The van der Waals surface area contributed by atoms with Gasteiger partial charge in [-0.2, -0.15) is 5.48 Å². The molecule has 0 aliphatic rings. The van der Waals surface area contributed by atoms with Gasteiger partial charge in [-0.3, -0.25) is 10.2 Å². The van der Waals surface area contributed by atoms with Gasteiger partial charge in [0.25, 0.3) is 5.91 Å². The molecule has 4 N–H and O–H groups in total. The molecule has 1 unspecified atom stereocenters. The maximum Gasteiger partial charge on any atom is 0.372 e. The Morgan fingerprint density at radius 1 is 1.13 bits per heavy atom. The summed E-state index contributed by atoms with van der Waals surface area (Å²) < 4.78 is 11.2. The molecule has 0 saturated heterocycles. The van der Waals surface area contributed by atoms with Crippen molar-refractivity contribution in [1.82, 2.24) is 5.48 Å². The highest BCUT2D eigenvalue weighted by atomic mass is 16.7. The second-order valence-corrected chi connectivity index (χ2v) is 8.19. The molecule has 1 heterocycles. The largest absolute Gasteiger partial charge is 0.478 e. The van der Waals surface area contributed by atoms with Crippen molar-refractivity contribution in [3.8, 4) is 5.75 Å². The number of carbonyl (C=O) groups excluding carboxylic acids is 2. The van der Waals surface area contributed by atoms with E-state index < -0.39 is 23.4 Å². The SMILES string of the molecule is Cc1occ2ccc(C(=N)N)c(C(=O)NOC(=O)C(Oc3ccccc3)C(C)(C)C)c12. The van der Waals surface area contributed by atoms with Crippen LogP contribution in [0.5, 0.6) is 5.75 Å². The van der Waals surface area contributed by atoms with E-state index in [0.717, 1.165) is 0 Å². The summed E-state index contributed by atoms with van der Waals surface area (Å²) in [5, 5.41) is 8.96. The number of fused-ring (bicyclic) bond motifs is 1. The van der Waals surface area contributed by atoms with Gasteiger partial charge in [-0.25, -0.2) is 4.79 Å². The van der Waals surface area contributed by atoms with Crippen LogP contribution in [-0.4, -0.2) is 23.8 Å². The Bertz CT molecular complexity index is 1130. The molecule has 31 heavy (non-hydrogen) atoms. The van der Waals surface area contributed by atoms with Crippen LogP contribution >= 0.6 is 0 Å². The number of carbonyl (C=O) groups is 2. The molecule has 3 rings (SSSR count). The minimum absolute atomic E-state index is 0.0975. The Balaban J connectivity index is 1.84. The van der Waals surface area contributed by atoms with Gasteiger partial charge < -0.3 is 19.7 Å². The fourth-order valence-corrected chi connectivity index (χ4v) is 3.18. The second kappa shape index (κ2) is 8.51. The lowest BCUT2D eigenvalue weighted by Crippen LogP contribution is -2.44. The quantitative estimate of drug-likeness (QED) is 0.326. The average molecular weight is 423 g/mol. The highest BCUT2D eigenvalue weighted by molar-refractivity contribution is 6.16. The van der Waals surface area contributed by atoms with Crippen LogP contribution in [0, 0.1) is 17.7 Å². The topological polar surface area (TPSA) is 128 Å². The summed E-state index contributed by atoms with van der Waals surface area (Å²) in [6, 6.07) is 12.1. The van der Waals surface area contributed by atoms with Crippen molar-refractivity contribution in [3.63, 3.8) is 0 Å². The Labute approximate surface area is 179 Å². The summed E-state index contributed by atoms with van der Waals surface area (Å²) >= 11 is 0. The number of hydrogen-bond acceptors (Lipinski definition) is 6. The molecule has 0 spiro atoms. The number of hydrogen-bond donors (Lipinski definition) is 3. The maximum absolute atomic E-state index is 12.9. The summed E-state index contributed by atoms with van der Waals surface area (Å²) in [6.45, 7) is 7.17. The van der Waals surface area contributed by atoms with Gasteiger partial charge in [-0.05, 0) is 25.1 Å². The van der Waals surface area contributed by atoms with Gasteiger partial charge in [0.15, 0.2) is 0 Å². The Morgan fingerprint density at radius 2 is 1.81 bits per heavy atom. The molecule has 1 atom stereocenters. The third-order valence-corrected chi connectivity index (χ3v) is 4.71. The van der Waals surface area contributed by atoms with E-state index in [0.29, 0.717) is 22.3 Å². The standard InChI is InChI=1S/C23H25N3O5/c1-13-17-14(12-29-13)10-11-16(20(24)25)18(17)21(27)26-31-22(28)19(23(2,3)4)30-15-8-6-5-7-9-15/h5-12,19H,1-4H3,(H3,24,25)(H,26,27). The number of benzene rings is 2. The Morgan fingerprint density at radius 3 is 2.42 bits per heavy atom. The van der Waals surface area contributed by atoms with Gasteiger partial charge in [-0.1, -0.05) is 45.0 Å². The molecule has 1 amide bonds. The van der Waals surface area contributed by atoms with Crippen LogP contribution in [0.4, 0.5) is 0 Å². The van der Waals surface area contributed by atoms with Crippen molar-refractivity contribution in [1.29, 1.82) is 5.41 Å². The van der Waals surface area contributed by atoms with E-state index in [1.54, 1.807) is 43.3 Å². The van der Waals surface area contributed by atoms with Gasteiger partial charge in [0.2, 0.25) is 6.10 Å². The molecule has 3 aromatic rings. The summed E-state index contributed by atoms with van der Waals surface area (Å²) in [5.41, 5.74) is 7.53. The monoisotopic (exact) mass is 423 g/mol. The third-order valence-electron chi connectivity index (χ3n) is 4.71. The van der Waals surface area contributed by atoms with Gasteiger partial charge in [0.1, 0.15) is 17.3 Å². The second-order valence-electron chi connectivity index (χ2n) is 8.19. The van der Waals surface area contributed by atoms with E-state index in [1.165, 1.54) is 6.26 Å². The molecule has 2 aromatic carbocycles. The predicted octanol–water partition coefficient (Wildman–Crippen LogP) is 3.71. The van der Waals surface area contributed by atoms with Crippen molar-refractivity contribution in [2.75, 3.05) is 0 Å². The van der Waals surface area contributed by atoms with E-state index in [4.69, 9.17) is 25.1 Å². The lowest BCUT2D eigenvalue weighted by molar-refractivity contribution is -0.162. The van der Waals surface area contributed by atoms with Gasteiger partial charge in [-0.15, -0.1) is 0 Å². The zero-order chi connectivity index (χ0) is 22.8. The zero-order valence-electron chi connectivity index (χ0n) is 17.8. The predicted molar refractivity (Wildman–Crippen MR) is 116 cm³/mol. The minimum Gasteiger partial charge on any atom is -0.478 e. The van der Waals surface area contributed by atoms with Crippen LogP contribution in [0.3, 0.4) is 0 Å². The molecule has 0 aliphatic heterocycles. The molecular weight excluding hydrogens is 398 g/mol. The smallest absolute Gasteiger partial charge is 0.372 e. The molecule has 8 nitrogen and oxygen atoms in total. The number of nitrogens with two attached hydrogens (primary N) is 1. The molecule has 1 aromatic heterocycles. The summed E-state index contributed by atoms with van der Waals surface area (Å²) in [6.07, 6.45) is 0.523. The average Bonchev–Trinajstić information content (AvgIpc) is 3.10. The van der Waals surface area contributed by atoms with Crippen molar-refractivity contribution in [3.05, 3.63) is 65.6 Å². The van der Waals surface area contributed by atoms with Crippen LogP contribution in [0.1, 0.15) is 42.5 Å². The zero-order valence-corrected chi connectivity index (χ0v) is 17.8. The normalized spacial score (nSPS) is 12.3. The van der Waals surface area contributed by atoms with E-state index in [-0.39, 0.29) is 17.0 Å². The van der Waals surface area contributed by atoms with E-state index in [9.17, 15) is 9.59 Å². The van der Waals surface area contributed by atoms with Crippen LogP contribution < -0.4 is 16.0 Å². The number of amidine groups is 1. The summed E-state index contributed by atoms with van der Waals surface area (Å²) in [7, 11) is 0. The molecule has 0 saturated carbocycles. The first-order valence-electron chi connectivity index (χ1n) is 9.67. The number of rotatable bonds is 5.